The van der Waals surface area contributed by atoms with Crippen molar-refractivity contribution in [2.75, 3.05) is 18.4 Å². The van der Waals surface area contributed by atoms with Crippen molar-refractivity contribution in [3.8, 4) is 0 Å². The Balaban J connectivity index is 0.00000312. The maximum Gasteiger partial charge on any atom is 0.224 e. The molecule has 0 saturated carbocycles. The van der Waals surface area contributed by atoms with Crippen molar-refractivity contribution < 1.29 is 4.79 Å². The van der Waals surface area contributed by atoms with Crippen molar-refractivity contribution in [2.24, 2.45) is 5.73 Å². The molecule has 1 aliphatic rings. The summed E-state index contributed by atoms with van der Waals surface area (Å²) in [4.78, 5) is 14.5. The second-order valence-electron chi connectivity index (χ2n) is 7.01. The van der Waals surface area contributed by atoms with E-state index < -0.39 is 0 Å². The highest BCUT2D eigenvalue weighted by Gasteiger charge is 2.17. The van der Waals surface area contributed by atoms with E-state index in [1.807, 2.05) is 12.1 Å². The summed E-state index contributed by atoms with van der Waals surface area (Å²) < 4.78 is 0. The van der Waals surface area contributed by atoms with E-state index in [-0.39, 0.29) is 30.7 Å². The number of carbonyl (C=O) groups is 1. The molecule has 1 fully saturated rings. The van der Waals surface area contributed by atoms with Crippen LogP contribution in [0.25, 0.3) is 0 Å². The molecule has 4 nitrogen and oxygen atoms in total. The van der Waals surface area contributed by atoms with Gasteiger partial charge in [-0.3, -0.25) is 9.69 Å². The molecule has 1 aliphatic heterocycles. The van der Waals surface area contributed by atoms with Crippen molar-refractivity contribution in [3.05, 3.63) is 29.8 Å². The highest BCUT2D eigenvalue weighted by molar-refractivity contribution is 5.90. The van der Waals surface area contributed by atoms with Crippen LogP contribution in [0, 0.1) is 0 Å². The van der Waals surface area contributed by atoms with Gasteiger partial charge in [-0.2, -0.15) is 0 Å². The number of nitrogens with two attached hydrogens (primary N) is 1. The first-order valence-electron chi connectivity index (χ1n) is 9.52. The Kier molecular flexibility index (Phi) is 13.8. The van der Waals surface area contributed by atoms with Gasteiger partial charge in [0.2, 0.25) is 5.91 Å². The number of likely N-dealkylation sites (tertiary alicyclic amines) is 1. The van der Waals surface area contributed by atoms with Crippen LogP contribution in [0.2, 0.25) is 0 Å². The zero-order valence-electron chi connectivity index (χ0n) is 15.9. The van der Waals surface area contributed by atoms with Gasteiger partial charge in [-0.1, -0.05) is 31.4 Å². The van der Waals surface area contributed by atoms with Crippen molar-refractivity contribution in [2.45, 2.75) is 70.9 Å². The molecule has 1 aromatic rings. The number of rotatable bonds is 9. The first kappa shape index (κ1) is 25.2. The fourth-order valence-corrected chi connectivity index (χ4v) is 3.33. The van der Waals surface area contributed by atoms with Gasteiger partial charge >= 0.3 is 0 Å². The minimum atomic E-state index is 0. The Morgan fingerprint density at radius 2 is 1.81 bits per heavy atom. The van der Waals surface area contributed by atoms with E-state index >= 15 is 0 Å². The van der Waals surface area contributed by atoms with Crippen molar-refractivity contribution in [3.63, 3.8) is 0 Å². The number of hydrogen-bond donors (Lipinski definition) is 2. The number of nitrogens with one attached hydrogen (secondary N) is 1. The first-order valence-corrected chi connectivity index (χ1v) is 9.52. The molecule has 0 bridgehead atoms. The Morgan fingerprint density at radius 3 is 2.46 bits per heavy atom. The van der Waals surface area contributed by atoms with Crippen LogP contribution in [0.15, 0.2) is 24.3 Å². The fraction of sp³-hybridized carbons (Fsp3) is 0.650. The van der Waals surface area contributed by atoms with Crippen LogP contribution in [0.1, 0.15) is 63.9 Å². The SMILES string of the molecule is CC1CCCCN1Cc1ccc(NC(=O)CCCCCCN)cc1.Cl.Cl. The lowest BCUT2D eigenvalue weighted by molar-refractivity contribution is -0.116. The number of benzene rings is 1. The lowest BCUT2D eigenvalue weighted by Crippen LogP contribution is -2.36. The zero-order valence-corrected chi connectivity index (χ0v) is 17.5. The van der Waals surface area contributed by atoms with Crippen molar-refractivity contribution >= 4 is 36.4 Å². The minimum absolute atomic E-state index is 0. The summed E-state index contributed by atoms with van der Waals surface area (Å²) in [6.45, 7) is 5.27. The number of carbonyl (C=O) groups excluding carboxylic acids is 1. The number of halogens is 2. The van der Waals surface area contributed by atoms with Crippen LogP contribution in [0.5, 0.6) is 0 Å². The molecule has 1 aromatic carbocycles. The third-order valence-electron chi connectivity index (χ3n) is 4.92. The van der Waals surface area contributed by atoms with Crippen molar-refractivity contribution in [1.82, 2.24) is 4.90 Å². The molecule has 150 valence electrons. The summed E-state index contributed by atoms with van der Waals surface area (Å²) in [5.74, 6) is 0.111. The molecule has 2 rings (SSSR count). The molecule has 3 N–H and O–H groups in total. The summed E-state index contributed by atoms with van der Waals surface area (Å²) in [7, 11) is 0. The Labute approximate surface area is 171 Å². The number of hydrogen-bond acceptors (Lipinski definition) is 3. The van der Waals surface area contributed by atoms with Crippen LogP contribution < -0.4 is 11.1 Å². The smallest absolute Gasteiger partial charge is 0.224 e. The largest absolute Gasteiger partial charge is 0.330 e. The summed E-state index contributed by atoms with van der Waals surface area (Å²) in [5.41, 5.74) is 7.69. The maximum atomic E-state index is 11.9. The van der Waals surface area contributed by atoms with Gasteiger partial charge in [0.05, 0.1) is 0 Å². The molecule has 26 heavy (non-hydrogen) atoms. The predicted octanol–water partition coefficient (Wildman–Crippen LogP) is 4.75. The highest BCUT2D eigenvalue weighted by Crippen LogP contribution is 2.20. The van der Waals surface area contributed by atoms with Gasteiger partial charge in [-0.05, 0) is 63.4 Å². The van der Waals surface area contributed by atoms with Crippen LogP contribution in [0.3, 0.4) is 0 Å². The van der Waals surface area contributed by atoms with Crippen LogP contribution in [-0.4, -0.2) is 29.9 Å². The van der Waals surface area contributed by atoms with Crippen molar-refractivity contribution in [1.29, 1.82) is 0 Å². The predicted molar refractivity (Wildman–Crippen MR) is 115 cm³/mol. The number of unbranched alkanes of at least 4 members (excludes halogenated alkanes) is 3. The monoisotopic (exact) mass is 403 g/mol. The van der Waals surface area contributed by atoms with Gasteiger partial charge < -0.3 is 11.1 Å². The number of piperidine rings is 1. The van der Waals surface area contributed by atoms with Crippen LogP contribution in [0.4, 0.5) is 5.69 Å². The molecule has 0 radical (unpaired) electrons. The molecule has 0 aliphatic carbocycles. The normalized spacial score (nSPS) is 17.1. The summed E-state index contributed by atoms with van der Waals surface area (Å²) in [5, 5.41) is 3.00. The Bertz CT molecular complexity index is 496. The standard InChI is InChI=1S/C20H33N3O.2ClH/c1-17-8-5-7-15-23(17)16-18-10-12-19(13-11-18)22-20(24)9-4-2-3-6-14-21;;/h10-13,17H,2-9,14-16,21H2,1H3,(H,22,24);2*1H. The van der Waals surface area contributed by atoms with Crippen LogP contribution >= 0.6 is 24.8 Å². The van der Waals surface area contributed by atoms with Gasteiger partial charge in [0.1, 0.15) is 0 Å². The lowest BCUT2D eigenvalue weighted by Gasteiger charge is -2.33. The lowest BCUT2D eigenvalue weighted by atomic mass is 10.0. The molecule has 0 spiro atoms. The molecule has 1 amide bonds. The summed E-state index contributed by atoms with van der Waals surface area (Å²) >= 11 is 0. The average Bonchev–Trinajstić information content (AvgIpc) is 2.58. The van der Waals surface area contributed by atoms with Gasteiger partial charge in [0.15, 0.2) is 0 Å². The van der Waals surface area contributed by atoms with E-state index in [4.69, 9.17) is 5.73 Å². The molecule has 1 unspecified atom stereocenters. The second kappa shape index (κ2) is 14.3. The summed E-state index contributed by atoms with van der Waals surface area (Å²) in [6.07, 6.45) is 8.76. The van der Waals surface area contributed by atoms with E-state index in [1.54, 1.807) is 0 Å². The van der Waals surface area contributed by atoms with E-state index in [0.29, 0.717) is 12.5 Å². The Morgan fingerprint density at radius 1 is 1.12 bits per heavy atom. The van der Waals surface area contributed by atoms with Gasteiger partial charge in [0, 0.05) is 24.7 Å². The number of nitrogens with zero attached hydrogens (tertiary/aromatic N) is 1. The minimum Gasteiger partial charge on any atom is -0.330 e. The maximum absolute atomic E-state index is 11.9. The van der Waals surface area contributed by atoms with E-state index in [1.165, 1.54) is 31.4 Å². The van der Waals surface area contributed by atoms with Gasteiger partial charge in [0.25, 0.3) is 0 Å². The average molecular weight is 404 g/mol. The number of anilines is 1. The van der Waals surface area contributed by atoms with E-state index in [9.17, 15) is 4.79 Å². The second-order valence-corrected chi connectivity index (χ2v) is 7.01. The van der Waals surface area contributed by atoms with Gasteiger partial charge in [-0.25, -0.2) is 0 Å². The fourth-order valence-electron chi connectivity index (χ4n) is 3.33. The van der Waals surface area contributed by atoms with E-state index in [0.717, 1.165) is 44.5 Å². The van der Waals surface area contributed by atoms with Gasteiger partial charge in [-0.15, -0.1) is 24.8 Å². The Hall–Kier alpha value is -0.810. The molecular formula is C20H35Cl2N3O. The number of amides is 1. The topological polar surface area (TPSA) is 58.4 Å². The molecule has 6 heteroatoms. The third kappa shape index (κ3) is 9.22. The quantitative estimate of drug-likeness (QED) is 0.584. The van der Waals surface area contributed by atoms with Crippen LogP contribution in [-0.2, 0) is 11.3 Å². The molecule has 1 heterocycles. The molecule has 0 aromatic heterocycles. The molecule has 1 atom stereocenters. The zero-order chi connectivity index (χ0) is 17.2. The summed E-state index contributed by atoms with van der Waals surface area (Å²) in [6, 6.07) is 9.00. The molecule has 1 saturated heterocycles. The van der Waals surface area contributed by atoms with E-state index in [2.05, 4.69) is 29.3 Å². The molecular weight excluding hydrogens is 369 g/mol. The third-order valence-corrected chi connectivity index (χ3v) is 4.92. The highest BCUT2D eigenvalue weighted by atomic mass is 35.5. The first-order chi connectivity index (χ1) is 11.7.